The number of amidine groups is 1. The second-order valence-electron chi connectivity index (χ2n) is 5.72. The Balaban J connectivity index is 1.67. The van der Waals surface area contributed by atoms with Gasteiger partial charge >= 0.3 is 0 Å². The predicted octanol–water partition coefficient (Wildman–Crippen LogP) is 1.18. The molecule has 0 unspecified atom stereocenters. The van der Waals surface area contributed by atoms with E-state index in [1.165, 1.54) is 11.8 Å². The van der Waals surface area contributed by atoms with Gasteiger partial charge < -0.3 is 9.64 Å². The number of aliphatic imine (C=N–C) groups is 1. The fourth-order valence-electron chi connectivity index (χ4n) is 2.68. The van der Waals surface area contributed by atoms with Gasteiger partial charge in [0.05, 0.1) is 17.5 Å². The summed E-state index contributed by atoms with van der Waals surface area (Å²) in [5.74, 6) is 0.524. The summed E-state index contributed by atoms with van der Waals surface area (Å²) < 4.78 is 28.9. The van der Waals surface area contributed by atoms with E-state index >= 15 is 0 Å². The summed E-state index contributed by atoms with van der Waals surface area (Å²) in [6, 6.07) is 9.00. The number of carbonyl (C=O) groups is 1. The van der Waals surface area contributed by atoms with Crippen molar-refractivity contribution in [3.05, 3.63) is 30.3 Å². The summed E-state index contributed by atoms with van der Waals surface area (Å²) >= 11 is 1.36. The van der Waals surface area contributed by atoms with Gasteiger partial charge in [-0.25, -0.2) is 8.42 Å². The zero-order valence-electron chi connectivity index (χ0n) is 12.9. The summed E-state index contributed by atoms with van der Waals surface area (Å²) in [7, 11) is -1.19. The van der Waals surface area contributed by atoms with Crippen molar-refractivity contribution in [2.45, 2.75) is 24.3 Å². The molecule has 2 aliphatic heterocycles. The van der Waals surface area contributed by atoms with Crippen LogP contribution in [0, 0.1) is 0 Å². The highest BCUT2D eigenvalue weighted by Crippen LogP contribution is 2.37. The van der Waals surface area contributed by atoms with Crippen molar-refractivity contribution in [1.29, 1.82) is 0 Å². The van der Waals surface area contributed by atoms with Gasteiger partial charge in [0.1, 0.15) is 5.75 Å². The van der Waals surface area contributed by atoms with Crippen LogP contribution in [0.15, 0.2) is 35.3 Å². The summed E-state index contributed by atoms with van der Waals surface area (Å²) in [5.41, 5.74) is 0. The van der Waals surface area contributed by atoms with E-state index in [1.807, 2.05) is 18.2 Å². The maximum absolute atomic E-state index is 12.2. The molecule has 2 saturated heterocycles. The van der Waals surface area contributed by atoms with Crippen LogP contribution in [0.5, 0.6) is 5.75 Å². The number of para-hydroxylation sites is 1. The van der Waals surface area contributed by atoms with E-state index in [9.17, 15) is 13.2 Å². The van der Waals surface area contributed by atoms with Gasteiger partial charge in [0, 0.05) is 12.3 Å². The third-order valence-corrected chi connectivity index (χ3v) is 7.24. The SMILES string of the molecule is C[C@@H](Oc1ccccc1)C(=O)N=C1S[C@H]2CS(=O)(=O)C[C@H]2N1C. The van der Waals surface area contributed by atoms with E-state index in [1.54, 1.807) is 31.0 Å². The Morgan fingerprint density at radius 1 is 1.35 bits per heavy atom. The van der Waals surface area contributed by atoms with Crippen LogP contribution in [0.25, 0.3) is 0 Å². The van der Waals surface area contributed by atoms with Crippen LogP contribution >= 0.6 is 11.8 Å². The number of amides is 1. The topological polar surface area (TPSA) is 76.0 Å². The van der Waals surface area contributed by atoms with Crippen LogP contribution in [0.4, 0.5) is 0 Å². The molecule has 0 aromatic heterocycles. The molecule has 2 aliphatic rings. The Morgan fingerprint density at radius 2 is 2.04 bits per heavy atom. The number of nitrogens with zero attached hydrogens (tertiary/aromatic N) is 2. The first-order valence-electron chi connectivity index (χ1n) is 7.30. The van der Waals surface area contributed by atoms with E-state index in [2.05, 4.69) is 4.99 Å². The number of carbonyl (C=O) groups excluding carboxylic acids is 1. The molecule has 23 heavy (non-hydrogen) atoms. The molecule has 3 rings (SSSR count). The molecule has 0 N–H and O–H groups in total. The number of fused-ring (bicyclic) bond motifs is 1. The predicted molar refractivity (Wildman–Crippen MR) is 90.6 cm³/mol. The van der Waals surface area contributed by atoms with Crippen molar-refractivity contribution >= 4 is 32.7 Å². The molecule has 0 radical (unpaired) electrons. The van der Waals surface area contributed by atoms with Gasteiger partial charge in [-0.05, 0) is 19.1 Å². The number of rotatable bonds is 3. The average Bonchev–Trinajstić information content (AvgIpc) is 2.94. The molecular formula is C15H18N2O4S2. The van der Waals surface area contributed by atoms with Crippen LogP contribution in [0.3, 0.4) is 0 Å². The largest absolute Gasteiger partial charge is 0.481 e. The van der Waals surface area contributed by atoms with Crippen LogP contribution in [0.1, 0.15) is 6.92 Å². The Bertz CT molecular complexity index is 733. The summed E-state index contributed by atoms with van der Waals surface area (Å²) in [6.07, 6.45) is -0.692. The zero-order valence-corrected chi connectivity index (χ0v) is 14.5. The number of benzene rings is 1. The van der Waals surface area contributed by atoms with Crippen LogP contribution in [-0.2, 0) is 14.6 Å². The molecular weight excluding hydrogens is 336 g/mol. The monoisotopic (exact) mass is 354 g/mol. The molecule has 1 aromatic carbocycles. The van der Waals surface area contributed by atoms with Crippen molar-refractivity contribution in [3.63, 3.8) is 0 Å². The number of hydrogen-bond donors (Lipinski definition) is 0. The lowest BCUT2D eigenvalue weighted by molar-refractivity contribution is -0.123. The third-order valence-electron chi connectivity index (χ3n) is 3.94. The summed E-state index contributed by atoms with van der Waals surface area (Å²) in [6.45, 7) is 1.66. The van der Waals surface area contributed by atoms with E-state index in [4.69, 9.17) is 4.74 Å². The average molecular weight is 354 g/mol. The highest BCUT2D eigenvalue weighted by Gasteiger charge is 2.47. The molecule has 2 fully saturated rings. The highest BCUT2D eigenvalue weighted by atomic mass is 32.2. The molecule has 0 bridgehead atoms. The summed E-state index contributed by atoms with van der Waals surface area (Å²) in [4.78, 5) is 18.2. The lowest BCUT2D eigenvalue weighted by Gasteiger charge is -2.18. The van der Waals surface area contributed by atoms with Crippen molar-refractivity contribution in [2.24, 2.45) is 4.99 Å². The molecule has 1 amide bonds. The lowest BCUT2D eigenvalue weighted by atomic mass is 10.2. The van der Waals surface area contributed by atoms with Crippen molar-refractivity contribution in [1.82, 2.24) is 4.90 Å². The van der Waals surface area contributed by atoms with Crippen molar-refractivity contribution in [3.8, 4) is 5.75 Å². The van der Waals surface area contributed by atoms with E-state index in [-0.39, 0.29) is 28.7 Å². The zero-order chi connectivity index (χ0) is 16.6. The minimum atomic E-state index is -2.97. The van der Waals surface area contributed by atoms with Crippen molar-refractivity contribution in [2.75, 3.05) is 18.6 Å². The van der Waals surface area contributed by atoms with Gasteiger partial charge in [0.25, 0.3) is 5.91 Å². The molecule has 0 saturated carbocycles. The number of sulfone groups is 1. The normalized spacial score (nSPS) is 28.6. The molecule has 6 nitrogen and oxygen atoms in total. The third kappa shape index (κ3) is 3.53. The Hall–Kier alpha value is -1.54. The van der Waals surface area contributed by atoms with E-state index in [0.717, 1.165) is 0 Å². The minimum Gasteiger partial charge on any atom is -0.481 e. The Labute approximate surface area is 139 Å². The second kappa shape index (κ2) is 6.16. The van der Waals surface area contributed by atoms with Gasteiger partial charge in [-0.2, -0.15) is 4.99 Å². The first-order chi connectivity index (χ1) is 10.9. The maximum atomic E-state index is 12.2. The summed E-state index contributed by atoms with van der Waals surface area (Å²) in [5, 5.41) is 0.533. The fourth-order valence-corrected chi connectivity index (χ4v) is 6.68. The molecule has 124 valence electrons. The number of thioether (sulfide) groups is 1. The molecule has 0 spiro atoms. The molecule has 1 aromatic rings. The molecule has 8 heteroatoms. The highest BCUT2D eigenvalue weighted by molar-refractivity contribution is 8.15. The van der Waals surface area contributed by atoms with E-state index < -0.39 is 15.9 Å². The second-order valence-corrected chi connectivity index (χ2v) is 9.08. The molecule has 0 aliphatic carbocycles. The molecule has 3 atom stereocenters. The molecule has 2 heterocycles. The smallest absolute Gasteiger partial charge is 0.288 e. The van der Waals surface area contributed by atoms with Gasteiger partial charge in [-0.3, -0.25) is 4.79 Å². The maximum Gasteiger partial charge on any atom is 0.288 e. The number of ether oxygens (including phenoxy) is 1. The van der Waals surface area contributed by atoms with Crippen LogP contribution in [-0.4, -0.2) is 60.3 Å². The Morgan fingerprint density at radius 3 is 2.70 bits per heavy atom. The minimum absolute atomic E-state index is 0.0399. The van der Waals surface area contributed by atoms with E-state index in [0.29, 0.717) is 10.9 Å². The fraction of sp³-hybridized carbons (Fsp3) is 0.467. The van der Waals surface area contributed by atoms with Gasteiger partial charge in [0.2, 0.25) is 0 Å². The van der Waals surface area contributed by atoms with Gasteiger partial charge in [-0.1, -0.05) is 30.0 Å². The van der Waals surface area contributed by atoms with Gasteiger partial charge in [-0.15, -0.1) is 0 Å². The first kappa shape index (κ1) is 16.3. The standard InChI is InChI=1S/C15H18N2O4S2/c1-10(21-11-6-4-3-5-7-11)14(18)16-15-17(2)12-8-23(19,20)9-13(12)22-15/h3-7,10,12-13H,8-9H2,1-2H3/t10-,12-,13+/m1/s1. The van der Waals surface area contributed by atoms with Gasteiger partial charge in [0.15, 0.2) is 21.1 Å². The Kier molecular flexibility index (Phi) is 4.37. The van der Waals surface area contributed by atoms with Crippen LogP contribution in [0.2, 0.25) is 0 Å². The lowest BCUT2D eigenvalue weighted by Crippen LogP contribution is -2.34. The van der Waals surface area contributed by atoms with Crippen LogP contribution < -0.4 is 4.74 Å². The first-order valence-corrected chi connectivity index (χ1v) is 10.00. The number of hydrogen-bond acceptors (Lipinski definition) is 5. The van der Waals surface area contributed by atoms with Crippen molar-refractivity contribution < 1.29 is 17.9 Å². The quantitative estimate of drug-likeness (QED) is 0.811.